The number of carbonyl (C=O) groups is 2. The van der Waals surface area contributed by atoms with Gasteiger partial charge in [0.15, 0.2) is 0 Å². The number of hydrogen-bond acceptors (Lipinski definition) is 3. The van der Waals surface area contributed by atoms with Gasteiger partial charge in [0.25, 0.3) is 0 Å². The van der Waals surface area contributed by atoms with Crippen LogP contribution in [-0.2, 0) is 9.53 Å². The molecule has 1 saturated heterocycles. The van der Waals surface area contributed by atoms with Crippen LogP contribution in [-0.4, -0.2) is 52.6 Å². The summed E-state index contributed by atoms with van der Waals surface area (Å²) in [5.74, 6) is 2.51. The van der Waals surface area contributed by atoms with E-state index in [0.29, 0.717) is 32.5 Å². The van der Waals surface area contributed by atoms with Crippen molar-refractivity contribution >= 4 is 12.0 Å². The van der Waals surface area contributed by atoms with E-state index in [9.17, 15) is 9.59 Å². The van der Waals surface area contributed by atoms with Crippen molar-refractivity contribution in [1.29, 1.82) is 0 Å². The summed E-state index contributed by atoms with van der Waals surface area (Å²) in [7, 11) is 0. The molecule has 1 rings (SSSR count). The molecular formula is C16H26N2O3. The third-order valence-corrected chi connectivity index (χ3v) is 3.77. The first-order chi connectivity index (χ1) is 9.59. The number of nitrogens with zero attached hydrogens (tertiary/aromatic N) is 2. The normalized spacial score (nSPS) is 17.8. The average Bonchev–Trinajstić information content (AvgIpc) is 2.34. The maximum absolute atomic E-state index is 12.0. The van der Waals surface area contributed by atoms with Gasteiger partial charge in [0.05, 0.1) is 6.54 Å². The van der Waals surface area contributed by atoms with Crippen LogP contribution in [0.2, 0.25) is 0 Å². The van der Waals surface area contributed by atoms with Crippen LogP contribution in [0.3, 0.4) is 0 Å². The van der Waals surface area contributed by atoms with E-state index in [2.05, 4.69) is 5.92 Å². The topological polar surface area (TPSA) is 49.9 Å². The summed E-state index contributed by atoms with van der Waals surface area (Å²) in [5.41, 5.74) is -0.788. The molecule has 0 saturated carbocycles. The summed E-state index contributed by atoms with van der Waals surface area (Å²) in [4.78, 5) is 27.2. The Labute approximate surface area is 127 Å². The fourth-order valence-corrected chi connectivity index (χ4v) is 2.54. The molecule has 2 amide bonds. The molecule has 0 aliphatic carbocycles. The van der Waals surface area contributed by atoms with Gasteiger partial charge in [-0.3, -0.25) is 4.79 Å². The molecule has 5 heteroatoms. The Morgan fingerprint density at radius 2 is 1.86 bits per heavy atom. The van der Waals surface area contributed by atoms with Gasteiger partial charge >= 0.3 is 6.09 Å². The Morgan fingerprint density at radius 1 is 1.33 bits per heavy atom. The van der Waals surface area contributed by atoms with Crippen LogP contribution in [0, 0.1) is 12.3 Å². The summed E-state index contributed by atoms with van der Waals surface area (Å²) in [6.07, 6.45) is 6.46. The molecule has 1 aliphatic rings. The molecule has 0 bridgehead atoms. The van der Waals surface area contributed by atoms with Gasteiger partial charge in [-0.1, -0.05) is 5.92 Å². The SMILES string of the molecule is C#CCN(C(C)=O)C1(C)CCN(C(=O)OC(C)(C)C)CC1. The highest BCUT2D eigenvalue weighted by Gasteiger charge is 2.38. The van der Waals surface area contributed by atoms with Crippen molar-refractivity contribution < 1.29 is 14.3 Å². The lowest BCUT2D eigenvalue weighted by molar-refractivity contribution is -0.135. The van der Waals surface area contributed by atoms with E-state index in [-0.39, 0.29) is 17.5 Å². The Kier molecular flexibility index (Phi) is 5.27. The van der Waals surface area contributed by atoms with Crippen LogP contribution >= 0.6 is 0 Å². The van der Waals surface area contributed by atoms with Crippen LogP contribution < -0.4 is 0 Å². The third-order valence-electron chi connectivity index (χ3n) is 3.77. The van der Waals surface area contributed by atoms with Gasteiger partial charge in [0.1, 0.15) is 5.60 Å². The van der Waals surface area contributed by atoms with Crippen LogP contribution in [0.15, 0.2) is 0 Å². The molecule has 118 valence electrons. The van der Waals surface area contributed by atoms with Crippen molar-refractivity contribution in [3.8, 4) is 12.3 Å². The predicted molar refractivity (Wildman–Crippen MR) is 81.7 cm³/mol. The molecule has 21 heavy (non-hydrogen) atoms. The molecule has 1 heterocycles. The third kappa shape index (κ3) is 4.66. The first-order valence-corrected chi connectivity index (χ1v) is 7.29. The zero-order chi connectivity index (χ0) is 16.3. The van der Waals surface area contributed by atoms with E-state index < -0.39 is 5.60 Å². The van der Waals surface area contributed by atoms with Crippen LogP contribution in [0.5, 0.6) is 0 Å². The number of terminal acetylenes is 1. The van der Waals surface area contributed by atoms with Gasteiger partial charge in [-0.25, -0.2) is 4.79 Å². The smallest absolute Gasteiger partial charge is 0.410 e. The van der Waals surface area contributed by atoms with Crippen molar-refractivity contribution in [3.05, 3.63) is 0 Å². The molecule has 0 spiro atoms. The lowest BCUT2D eigenvalue weighted by Gasteiger charge is -2.45. The number of ether oxygens (including phenoxy) is 1. The number of rotatable bonds is 2. The van der Waals surface area contributed by atoms with Gasteiger partial charge in [-0.05, 0) is 40.5 Å². The van der Waals surface area contributed by atoms with Crippen molar-refractivity contribution in [2.45, 2.75) is 58.6 Å². The van der Waals surface area contributed by atoms with Crippen LogP contribution in [0.1, 0.15) is 47.5 Å². The molecule has 0 aromatic heterocycles. The monoisotopic (exact) mass is 294 g/mol. The molecule has 0 unspecified atom stereocenters. The maximum Gasteiger partial charge on any atom is 0.410 e. The zero-order valence-electron chi connectivity index (χ0n) is 13.7. The highest BCUT2D eigenvalue weighted by molar-refractivity contribution is 5.74. The van der Waals surface area contributed by atoms with E-state index >= 15 is 0 Å². The molecule has 1 fully saturated rings. The summed E-state index contributed by atoms with van der Waals surface area (Å²) in [6.45, 7) is 10.6. The number of carbonyl (C=O) groups excluding carboxylic acids is 2. The number of amides is 2. The zero-order valence-corrected chi connectivity index (χ0v) is 13.7. The van der Waals surface area contributed by atoms with E-state index in [0.717, 1.165) is 0 Å². The van der Waals surface area contributed by atoms with Gasteiger partial charge in [-0.2, -0.15) is 0 Å². The van der Waals surface area contributed by atoms with Crippen molar-refractivity contribution in [3.63, 3.8) is 0 Å². The molecule has 0 atom stereocenters. The summed E-state index contributed by atoms with van der Waals surface area (Å²) in [5, 5.41) is 0. The molecular weight excluding hydrogens is 268 g/mol. The highest BCUT2D eigenvalue weighted by Crippen LogP contribution is 2.29. The fourth-order valence-electron chi connectivity index (χ4n) is 2.54. The Hall–Kier alpha value is -1.70. The molecule has 1 aliphatic heterocycles. The number of likely N-dealkylation sites (tertiary alicyclic amines) is 1. The van der Waals surface area contributed by atoms with Crippen molar-refractivity contribution in [1.82, 2.24) is 9.80 Å². The number of piperidine rings is 1. The minimum atomic E-state index is -0.493. The highest BCUT2D eigenvalue weighted by atomic mass is 16.6. The van der Waals surface area contributed by atoms with Gasteiger partial charge in [0.2, 0.25) is 5.91 Å². The summed E-state index contributed by atoms with van der Waals surface area (Å²) in [6, 6.07) is 0. The van der Waals surface area contributed by atoms with Gasteiger partial charge in [0, 0.05) is 25.6 Å². The fraction of sp³-hybridized carbons (Fsp3) is 0.750. The Bertz CT molecular complexity index is 437. The lowest BCUT2D eigenvalue weighted by Crippen LogP contribution is -2.56. The van der Waals surface area contributed by atoms with Gasteiger partial charge < -0.3 is 14.5 Å². The Balaban J connectivity index is 2.68. The molecule has 0 aromatic rings. The predicted octanol–water partition coefficient (Wildman–Crippen LogP) is 2.26. The van der Waals surface area contributed by atoms with E-state index in [4.69, 9.17) is 11.2 Å². The van der Waals surface area contributed by atoms with Gasteiger partial charge in [-0.15, -0.1) is 6.42 Å². The van der Waals surface area contributed by atoms with E-state index in [1.165, 1.54) is 6.92 Å². The van der Waals surface area contributed by atoms with E-state index in [1.807, 2.05) is 27.7 Å². The quantitative estimate of drug-likeness (QED) is 0.734. The second kappa shape index (κ2) is 6.38. The summed E-state index contributed by atoms with van der Waals surface area (Å²) >= 11 is 0. The van der Waals surface area contributed by atoms with Crippen LogP contribution in [0.25, 0.3) is 0 Å². The van der Waals surface area contributed by atoms with Crippen molar-refractivity contribution in [2.24, 2.45) is 0 Å². The largest absolute Gasteiger partial charge is 0.444 e. The molecule has 5 nitrogen and oxygen atoms in total. The molecule has 0 N–H and O–H groups in total. The van der Waals surface area contributed by atoms with Crippen molar-refractivity contribution in [2.75, 3.05) is 19.6 Å². The van der Waals surface area contributed by atoms with E-state index in [1.54, 1.807) is 9.80 Å². The molecule has 0 aromatic carbocycles. The first kappa shape index (κ1) is 17.4. The summed E-state index contributed by atoms with van der Waals surface area (Å²) < 4.78 is 5.37. The lowest BCUT2D eigenvalue weighted by atomic mass is 9.87. The number of hydrogen-bond donors (Lipinski definition) is 0. The maximum atomic E-state index is 12.0. The Morgan fingerprint density at radius 3 is 2.24 bits per heavy atom. The second-order valence-corrected chi connectivity index (χ2v) is 6.77. The second-order valence-electron chi connectivity index (χ2n) is 6.77. The average molecular weight is 294 g/mol. The standard InChI is InChI=1S/C16H26N2O3/c1-7-10-18(13(2)19)16(6)8-11-17(12-9-16)14(20)21-15(3,4)5/h1H,8-12H2,2-6H3. The van der Waals surface area contributed by atoms with Crippen LogP contribution in [0.4, 0.5) is 4.79 Å². The minimum absolute atomic E-state index is 0.0267. The minimum Gasteiger partial charge on any atom is -0.444 e. The first-order valence-electron chi connectivity index (χ1n) is 7.29. The molecule has 0 radical (unpaired) electrons.